The third-order valence-electron chi connectivity index (χ3n) is 14.5. The first-order valence-electron chi connectivity index (χ1n) is 28.4. The Morgan fingerprint density at radius 1 is 0.108 bits per heavy atom. The van der Waals surface area contributed by atoms with Crippen LogP contribution in [0.1, 0.15) is 22.3 Å². The smallest absolute Gasteiger partial charge is 0.0623 e. The predicted octanol–water partition coefficient (Wildman–Crippen LogP) is 22.4. The molecule has 0 aromatic heterocycles. The highest BCUT2D eigenvalue weighted by atomic mass is 14.5. The molecular formula is C83H66. The van der Waals surface area contributed by atoms with Gasteiger partial charge in [0, 0.05) is 0 Å². The molecule has 398 valence electrons. The van der Waals surface area contributed by atoms with Crippen LogP contribution in [0.2, 0.25) is 0 Å². The van der Waals surface area contributed by atoms with Crippen LogP contribution in [0.15, 0.2) is 400 Å². The summed E-state index contributed by atoms with van der Waals surface area (Å²) in [4.78, 5) is 0. The van der Waals surface area contributed by atoms with Crippen molar-refractivity contribution in [2.45, 2.75) is 5.41 Å². The first kappa shape index (κ1) is 55.6. The van der Waals surface area contributed by atoms with E-state index in [1.165, 1.54) is 87.6 Å². The van der Waals surface area contributed by atoms with Gasteiger partial charge in [0.25, 0.3) is 0 Å². The molecule has 0 aliphatic heterocycles. The molecule has 17 rings (SSSR count). The molecule has 0 N–H and O–H groups in total. The second-order valence-electron chi connectivity index (χ2n) is 19.8. The van der Waals surface area contributed by atoms with Gasteiger partial charge in [-0.1, -0.05) is 400 Å². The first-order valence-corrected chi connectivity index (χ1v) is 28.4. The minimum Gasteiger partial charge on any atom is -0.0623 e. The summed E-state index contributed by atoms with van der Waals surface area (Å²) in [6.07, 6.45) is 0. The number of benzene rings is 15. The molecule has 0 amide bonds. The predicted molar refractivity (Wildman–Crippen MR) is 358 cm³/mol. The standard InChI is InChI=1S/C25H16.4C10H8.3C6H6/c1-5-13-21-17(9-1)18-10-2-6-14-22(18)25(21)23-15-7-3-11-19(23)20-12-4-8-16-24(20)25;4*1-2-6-10-8-4-3-7-9(10)5-1;3*1-2-4-6-5-3-1/h1-16H;4*1-8H;3*1-6H. The lowest BCUT2D eigenvalue weighted by atomic mass is 9.70. The summed E-state index contributed by atoms with van der Waals surface area (Å²) in [5.74, 6) is 0. The van der Waals surface area contributed by atoms with Crippen molar-refractivity contribution >= 4 is 43.1 Å². The zero-order valence-electron chi connectivity index (χ0n) is 46.6. The Kier molecular flexibility index (Phi) is 19.8. The van der Waals surface area contributed by atoms with Crippen LogP contribution < -0.4 is 0 Å². The van der Waals surface area contributed by atoms with E-state index in [0.29, 0.717) is 0 Å². The summed E-state index contributed by atoms with van der Waals surface area (Å²) in [7, 11) is 0. The molecule has 0 saturated carbocycles. The molecule has 0 heteroatoms. The normalized spacial score (nSPS) is 11.0. The summed E-state index contributed by atoms with van der Waals surface area (Å²) in [5.41, 5.74) is 10.9. The van der Waals surface area contributed by atoms with Gasteiger partial charge in [-0.05, 0) is 87.6 Å². The molecule has 15 aromatic rings. The van der Waals surface area contributed by atoms with Gasteiger partial charge in [-0.15, -0.1) is 0 Å². The maximum Gasteiger partial charge on any atom is 0.0725 e. The molecule has 1 spiro atoms. The van der Waals surface area contributed by atoms with Crippen LogP contribution in [0.3, 0.4) is 0 Å². The Bertz CT molecular complexity index is 3450. The molecule has 0 saturated heterocycles. The van der Waals surface area contributed by atoms with Crippen LogP contribution >= 0.6 is 0 Å². The number of fused-ring (bicyclic) bond motifs is 14. The van der Waals surface area contributed by atoms with Gasteiger partial charge in [-0.3, -0.25) is 0 Å². The van der Waals surface area contributed by atoms with Gasteiger partial charge in [0.05, 0.1) is 5.41 Å². The van der Waals surface area contributed by atoms with Crippen LogP contribution in [-0.2, 0) is 5.41 Å². The van der Waals surface area contributed by atoms with Crippen molar-refractivity contribution in [2.24, 2.45) is 0 Å². The van der Waals surface area contributed by atoms with Crippen LogP contribution in [0.25, 0.3) is 65.3 Å². The van der Waals surface area contributed by atoms with Crippen molar-refractivity contribution in [2.75, 3.05) is 0 Å². The highest BCUT2D eigenvalue weighted by Crippen LogP contribution is 2.62. The van der Waals surface area contributed by atoms with Crippen LogP contribution in [-0.4, -0.2) is 0 Å². The average Bonchev–Trinajstić information content (AvgIpc) is 1.90. The van der Waals surface area contributed by atoms with E-state index in [4.69, 9.17) is 0 Å². The topological polar surface area (TPSA) is 0 Å². The zero-order valence-corrected chi connectivity index (χ0v) is 46.6. The van der Waals surface area contributed by atoms with E-state index in [0.717, 1.165) is 0 Å². The minimum absolute atomic E-state index is 0.180. The monoisotopic (exact) mass is 1060 g/mol. The van der Waals surface area contributed by atoms with Gasteiger partial charge >= 0.3 is 0 Å². The molecule has 15 aromatic carbocycles. The van der Waals surface area contributed by atoms with Gasteiger partial charge in [-0.25, -0.2) is 0 Å². The van der Waals surface area contributed by atoms with E-state index < -0.39 is 0 Å². The largest absolute Gasteiger partial charge is 0.0725 e. The molecule has 2 aliphatic carbocycles. The van der Waals surface area contributed by atoms with Crippen molar-refractivity contribution in [1.29, 1.82) is 0 Å². The molecule has 0 bridgehead atoms. The van der Waals surface area contributed by atoms with Crippen molar-refractivity contribution in [3.63, 3.8) is 0 Å². The van der Waals surface area contributed by atoms with Gasteiger partial charge in [0.1, 0.15) is 0 Å². The fraction of sp³-hybridized carbons (Fsp3) is 0.0120. The van der Waals surface area contributed by atoms with E-state index in [1.54, 1.807) is 0 Å². The Balaban J connectivity index is 0.000000113. The van der Waals surface area contributed by atoms with Crippen molar-refractivity contribution in [3.05, 3.63) is 423 Å². The fourth-order valence-electron chi connectivity index (χ4n) is 10.7. The lowest BCUT2D eigenvalue weighted by Crippen LogP contribution is -2.25. The number of hydrogen-bond acceptors (Lipinski definition) is 0. The van der Waals surface area contributed by atoms with Crippen molar-refractivity contribution in [1.82, 2.24) is 0 Å². The molecule has 0 fully saturated rings. The van der Waals surface area contributed by atoms with Gasteiger partial charge < -0.3 is 0 Å². The summed E-state index contributed by atoms with van der Waals surface area (Å²) in [6.45, 7) is 0. The van der Waals surface area contributed by atoms with Crippen molar-refractivity contribution in [3.8, 4) is 22.3 Å². The lowest BCUT2D eigenvalue weighted by molar-refractivity contribution is 0.794. The van der Waals surface area contributed by atoms with Gasteiger partial charge in [0.15, 0.2) is 0 Å². The molecule has 0 atom stereocenters. The van der Waals surface area contributed by atoms with E-state index in [-0.39, 0.29) is 5.41 Å². The third-order valence-corrected chi connectivity index (χ3v) is 14.5. The third kappa shape index (κ3) is 14.2. The number of rotatable bonds is 0. The molecule has 2 aliphatic rings. The zero-order chi connectivity index (χ0) is 56.4. The van der Waals surface area contributed by atoms with Crippen molar-refractivity contribution < 1.29 is 0 Å². The second-order valence-corrected chi connectivity index (χ2v) is 19.8. The van der Waals surface area contributed by atoms with E-state index in [1.807, 2.05) is 109 Å². The van der Waals surface area contributed by atoms with E-state index in [9.17, 15) is 0 Å². The Morgan fingerprint density at radius 2 is 0.217 bits per heavy atom. The minimum atomic E-state index is -0.180. The van der Waals surface area contributed by atoms with Gasteiger partial charge in [0.2, 0.25) is 0 Å². The Labute approximate surface area is 490 Å². The van der Waals surface area contributed by atoms with E-state index in [2.05, 4.69) is 291 Å². The second kappa shape index (κ2) is 29.5. The van der Waals surface area contributed by atoms with Crippen LogP contribution in [0.5, 0.6) is 0 Å². The summed E-state index contributed by atoms with van der Waals surface area (Å²) in [5, 5.41) is 10.5. The lowest BCUT2D eigenvalue weighted by Gasteiger charge is -2.30. The first-order chi connectivity index (χ1) is 41.3. The Hall–Kier alpha value is -10.7. The summed E-state index contributed by atoms with van der Waals surface area (Å²) in [6, 6.07) is 139. The van der Waals surface area contributed by atoms with Crippen LogP contribution in [0, 0.1) is 0 Å². The summed E-state index contributed by atoms with van der Waals surface area (Å²) < 4.78 is 0. The quantitative estimate of drug-likeness (QED) is 0.142. The fourth-order valence-corrected chi connectivity index (χ4v) is 10.7. The Morgan fingerprint density at radius 3 is 0.349 bits per heavy atom. The molecule has 0 radical (unpaired) electrons. The molecule has 0 nitrogen and oxygen atoms in total. The molecule has 0 heterocycles. The molecule has 83 heavy (non-hydrogen) atoms. The highest BCUT2D eigenvalue weighted by Gasteiger charge is 2.51. The summed E-state index contributed by atoms with van der Waals surface area (Å²) >= 11 is 0. The SMILES string of the molecule is c1ccc2c(c1)-c1ccccc1C21c2ccccc2-c2ccccc21.c1ccc2ccccc2c1.c1ccc2ccccc2c1.c1ccc2ccccc2c1.c1ccc2ccccc2c1.c1ccccc1.c1ccccc1.c1ccccc1. The average molecular weight is 1060 g/mol. The van der Waals surface area contributed by atoms with E-state index >= 15 is 0 Å². The van der Waals surface area contributed by atoms with Crippen LogP contribution in [0.4, 0.5) is 0 Å². The number of hydrogen-bond donors (Lipinski definition) is 0. The molecular weight excluding hydrogens is 997 g/mol. The highest BCUT2D eigenvalue weighted by molar-refractivity contribution is 5.95. The maximum absolute atomic E-state index is 2.31. The maximum atomic E-state index is 2.31. The van der Waals surface area contributed by atoms with Gasteiger partial charge in [-0.2, -0.15) is 0 Å². The molecule has 0 unspecified atom stereocenters.